The highest BCUT2D eigenvalue weighted by molar-refractivity contribution is 6.32. The van der Waals surface area contributed by atoms with Gasteiger partial charge in [-0.05, 0) is 56.9 Å². The fraction of sp³-hybridized carbons (Fsp3) is 0.667. The molecule has 0 spiro atoms. The Morgan fingerprint density at radius 3 is 2.77 bits per heavy atom. The van der Waals surface area contributed by atoms with Crippen molar-refractivity contribution in [2.45, 2.75) is 44.2 Å². The number of likely N-dealkylation sites (tertiary alicyclic amines) is 1. The van der Waals surface area contributed by atoms with Gasteiger partial charge in [0.05, 0.1) is 5.02 Å². The fourth-order valence-corrected chi connectivity index (χ4v) is 4.48. The zero-order chi connectivity index (χ0) is 15.0. The largest absolute Gasteiger partial charge is 0.484 e. The van der Waals surface area contributed by atoms with Crippen LogP contribution in [0.1, 0.15) is 37.7 Å². The average Bonchev–Trinajstić information content (AvgIpc) is 3.12. The van der Waals surface area contributed by atoms with E-state index >= 15 is 0 Å². The lowest BCUT2D eigenvalue weighted by Gasteiger charge is -2.35. The summed E-state index contributed by atoms with van der Waals surface area (Å²) < 4.78 is 6.48. The predicted molar refractivity (Wildman–Crippen MR) is 89.6 cm³/mol. The van der Waals surface area contributed by atoms with E-state index in [1.807, 2.05) is 6.07 Å². The molecule has 4 rings (SSSR count). The van der Waals surface area contributed by atoms with Crippen molar-refractivity contribution in [2.24, 2.45) is 0 Å². The van der Waals surface area contributed by atoms with Crippen LogP contribution in [0.15, 0.2) is 18.2 Å². The lowest BCUT2D eigenvalue weighted by molar-refractivity contribution is 0.0453. The van der Waals surface area contributed by atoms with Gasteiger partial charge in [0, 0.05) is 26.1 Å². The molecule has 3 saturated heterocycles. The Balaban J connectivity index is 1.52. The Morgan fingerprint density at radius 2 is 1.91 bits per heavy atom. The molecule has 0 aromatic heterocycles. The Labute approximate surface area is 138 Å². The smallest absolute Gasteiger partial charge is 0.139 e. The summed E-state index contributed by atoms with van der Waals surface area (Å²) in [5.74, 6) is 0.891. The van der Waals surface area contributed by atoms with Gasteiger partial charge in [-0.15, -0.1) is 0 Å². The van der Waals surface area contributed by atoms with Crippen molar-refractivity contribution < 1.29 is 4.74 Å². The molecule has 0 aliphatic carbocycles. The Bertz CT molecular complexity index is 540. The summed E-state index contributed by atoms with van der Waals surface area (Å²) in [5.41, 5.74) is 1.22. The molecular weight excluding hydrogens is 296 g/mol. The number of nitrogens with zero attached hydrogens (tertiary/aromatic N) is 2. The molecule has 120 valence electrons. The van der Waals surface area contributed by atoms with Crippen molar-refractivity contribution >= 4 is 11.6 Å². The Hall–Kier alpha value is -0.770. The molecule has 0 N–H and O–H groups in total. The molecule has 4 heteroatoms. The van der Waals surface area contributed by atoms with Gasteiger partial charge in [0.25, 0.3) is 0 Å². The van der Waals surface area contributed by atoms with Crippen molar-refractivity contribution in [3.05, 3.63) is 28.8 Å². The molecule has 3 aliphatic heterocycles. The third-order valence-corrected chi connectivity index (χ3v) is 5.89. The normalized spacial score (nSPS) is 31.6. The van der Waals surface area contributed by atoms with Gasteiger partial charge in [-0.2, -0.15) is 0 Å². The first-order valence-corrected chi connectivity index (χ1v) is 9.03. The van der Waals surface area contributed by atoms with Gasteiger partial charge in [-0.3, -0.25) is 9.80 Å². The van der Waals surface area contributed by atoms with E-state index in [4.69, 9.17) is 16.3 Å². The Kier molecular flexibility index (Phi) is 4.05. The molecular formula is C18H25ClN2O. The van der Waals surface area contributed by atoms with Gasteiger partial charge >= 0.3 is 0 Å². The second-order valence-electron chi connectivity index (χ2n) is 7.13. The third kappa shape index (κ3) is 2.86. The van der Waals surface area contributed by atoms with Crippen LogP contribution >= 0.6 is 11.6 Å². The second kappa shape index (κ2) is 6.03. The minimum Gasteiger partial charge on any atom is -0.484 e. The summed E-state index contributed by atoms with van der Waals surface area (Å²) >= 11 is 6.67. The second-order valence-corrected chi connectivity index (χ2v) is 7.51. The standard InChI is InChI=1S/C18H25ClN2O/c19-17-15(13-20-9-1-2-10-20)5-3-6-16(17)22-18-7-4-11-21(14-18)12-8-18/h3,5-6H,1-2,4,7-14H2/t18-/m1/s1. The van der Waals surface area contributed by atoms with Crippen LogP contribution in [0.5, 0.6) is 5.75 Å². The molecule has 2 bridgehead atoms. The molecule has 3 nitrogen and oxygen atoms in total. The maximum absolute atomic E-state index is 6.67. The SMILES string of the molecule is Clc1c(CN2CCCC2)cccc1O[C@]12CCCN(CC1)C2. The summed E-state index contributed by atoms with van der Waals surface area (Å²) in [6.45, 7) is 6.81. The molecule has 0 radical (unpaired) electrons. The van der Waals surface area contributed by atoms with Crippen LogP contribution in [0.25, 0.3) is 0 Å². The quantitative estimate of drug-likeness (QED) is 0.843. The molecule has 3 fully saturated rings. The van der Waals surface area contributed by atoms with Crippen LogP contribution in [-0.2, 0) is 6.54 Å². The van der Waals surface area contributed by atoms with Crippen LogP contribution in [0, 0.1) is 0 Å². The third-order valence-electron chi connectivity index (χ3n) is 5.46. The first kappa shape index (κ1) is 14.8. The molecule has 1 aromatic rings. The van der Waals surface area contributed by atoms with E-state index in [-0.39, 0.29) is 5.60 Å². The number of fused-ring (bicyclic) bond motifs is 2. The molecule has 3 aliphatic rings. The van der Waals surface area contributed by atoms with Gasteiger partial charge in [-0.1, -0.05) is 23.7 Å². The minimum absolute atomic E-state index is 0.00809. The van der Waals surface area contributed by atoms with Crippen molar-refractivity contribution in [2.75, 3.05) is 32.7 Å². The first-order chi connectivity index (χ1) is 10.7. The first-order valence-electron chi connectivity index (χ1n) is 8.65. The zero-order valence-corrected chi connectivity index (χ0v) is 13.9. The van der Waals surface area contributed by atoms with E-state index in [2.05, 4.69) is 21.9 Å². The number of ether oxygens (including phenoxy) is 1. The average molecular weight is 321 g/mol. The van der Waals surface area contributed by atoms with Gasteiger partial charge in [0.2, 0.25) is 0 Å². The number of benzene rings is 1. The summed E-state index contributed by atoms with van der Waals surface area (Å²) in [4.78, 5) is 5.01. The molecule has 0 amide bonds. The van der Waals surface area contributed by atoms with Crippen molar-refractivity contribution in [3.8, 4) is 5.75 Å². The van der Waals surface area contributed by atoms with Crippen LogP contribution in [0.2, 0.25) is 5.02 Å². The van der Waals surface area contributed by atoms with E-state index in [1.165, 1.54) is 51.0 Å². The number of hydrogen-bond acceptors (Lipinski definition) is 3. The maximum Gasteiger partial charge on any atom is 0.139 e. The van der Waals surface area contributed by atoms with E-state index < -0.39 is 0 Å². The lowest BCUT2D eigenvalue weighted by Crippen LogP contribution is -2.43. The predicted octanol–water partition coefficient (Wildman–Crippen LogP) is 3.55. The van der Waals surface area contributed by atoms with Crippen LogP contribution in [-0.4, -0.2) is 48.1 Å². The molecule has 0 saturated carbocycles. The summed E-state index contributed by atoms with van der Waals surface area (Å²) in [5, 5.41) is 0.827. The van der Waals surface area contributed by atoms with E-state index in [9.17, 15) is 0 Å². The van der Waals surface area contributed by atoms with Gasteiger partial charge < -0.3 is 4.74 Å². The minimum atomic E-state index is 0.00809. The number of hydrogen-bond donors (Lipinski definition) is 0. The summed E-state index contributed by atoms with van der Waals surface area (Å²) in [6, 6.07) is 6.29. The molecule has 22 heavy (non-hydrogen) atoms. The highest BCUT2D eigenvalue weighted by Gasteiger charge is 2.43. The van der Waals surface area contributed by atoms with Crippen LogP contribution < -0.4 is 4.74 Å². The van der Waals surface area contributed by atoms with E-state index in [1.54, 1.807) is 0 Å². The van der Waals surface area contributed by atoms with E-state index in [0.717, 1.165) is 36.7 Å². The summed E-state index contributed by atoms with van der Waals surface area (Å²) in [6.07, 6.45) is 6.17. The van der Waals surface area contributed by atoms with Crippen LogP contribution in [0.4, 0.5) is 0 Å². The number of halogens is 1. The topological polar surface area (TPSA) is 15.7 Å². The van der Waals surface area contributed by atoms with Crippen molar-refractivity contribution in [1.82, 2.24) is 9.80 Å². The highest BCUT2D eigenvalue weighted by atomic mass is 35.5. The van der Waals surface area contributed by atoms with Gasteiger partial charge in [-0.25, -0.2) is 0 Å². The zero-order valence-electron chi connectivity index (χ0n) is 13.2. The molecule has 1 aromatic carbocycles. The van der Waals surface area contributed by atoms with Crippen molar-refractivity contribution in [3.63, 3.8) is 0 Å². The molecule has 3 heterocycles. The molecule has 2 atom stereocenters. The Morgan fingerprint density at radius 1 is 1.05 bits per heavy atom. The van der Waals surface area contributed by atoms with Crippen molar-refractivity contribution in [1.29, 1.82) is 0 Å². The number of rotatable bonds is 4. The monoisotopic (exact) mass is 320 g/mol. The number of piperidine rings is 1. The van der Waals surface area contributed by atoms with Gasteiger partial charge in [0.15, 0.2) is 0 Å². The highest BCUT2D eigenvalue weighted by Crippen LogP contribution is 2.39. The van der Waals surface area contributed by atoms with E-state index in [0.29, 0.717) is 0 Å². The maximum atomic E-state index is 6.67. The van der Waals surface area contributed by atoms with Crippen LogP contribution in [0.3, 0.4) is 0 Å². The molecule has 1 unspecified atom stereocenters. The lowest BCUT2D eigenvalue weighted by atomic mass is 9.94. The summed E-state index contributed by atoms with van der Waals surface area (Å²) in [7, 11) is 0. The fourth-order valence-electron chi connectivity index (χ4n) is 4.25. The van der Waals surface area contributed by atoms with Gasteiger partial charge in [0.1, 0.15) is 11.4 Å².